The number of esters is 1. The van der Waals surface area contributed by atoms with Crippen LogP contribution in [0.2, 0.25) is 0 Å². The van der Waals surface area contributed by atoms with Gasteiger partial charge in [-0.25, -0.2) is 8.78 Å². The number of hydrogen-bond acceptors (Lipinski definition) is 5. The van der Waals surface area contributed by atoms with Crippen LogP contribution in [0.4, 0.5) is 13.2 Å². The van der Waals surface area contributed by atoms with Gasteiger partial charge in [-0.1, -0.05) is 36.9 Å². The van der Waals surface area contributed by atoms with Gasteiger partial charge in [0.05, 0.1) is 13.2 Å². The van der Waals surface area contributed by atoms with Crippen LogP contribution < -0.4 is 9.47 Å². The first-order chi connectivity index (χ1) is 16.9. The maximum absolute atomic E-state index is 14.7. The summed E-state index contributed by atoms with van der Waals surface area (Å²) in [6.45, 7) is 3.42. The first kappa shape index (κ1) is 24.6. The van der Waals surface area contributed by atoms with Gasteiger partial charge in [0.2, 0.25) is 5.82 Å². The minimum Gasteiger partial charge on any atom is -0.500 e. The quantitative estimate of drug-likeness (QED) is 0.206. The van der Waals surface area contributed by atoms with E-state index in [9.17, 15) is 18.0 Å². The second kappa shape index (κ2) is 10.8. The van der Waals surface area contributed by atoms with Gasteiger partial charge in [-0.2, -0.15) is 4.39 Å². The van der Waals surface area contributed by atoms with E-state index in [4.69, 9.17) is 26.8 Å². The lowest BCUT2D eigenvalue weighted by atomic mass is 9.99. The molecule has 0 bridgehead atoms. The fraction of sp³-hybridized carbons (Fsp3) is 0.192. The van der Waals surface area contributed by atoms with Crippen LogP contribution in [-0.4, -0.2) is 39.8 Å². The number of carbonyl (C=O) groups excluding carboxylic acids is 1. The Morgan fingerprint density at radius 1 is 0.943 bits per heavy atom. The largest absolute Gasteiger partial charge is 0.500 e. The summed E-state index contributed by atoms with van der Waals surface area (Å²) in [6, 6.07) is 13.3. The van der Waals surface area contributed by atoms with Crippen LogP contribution in [0, 0.1) is 23.4 Å². The topological polar surface area (TPSA) is 54.0 Å². The molecule has 5 nitrogen and oxygen atoms in total. The molecule has 0 aliphatic carbocycles. The predicted molar refractivity (Wildman–Crippen MR) is 123 cm³/mol. The highest BCUT2D eigenvalue weighted by Gasteiger charge is 2.28. The minimum absolute atomic E-state index is 0.0435. The van der Waals surface area contributed by atoms with Crippen molar-refractivity contribution in [3.63, 3.8) is 0 Å². The molecule has 0 N–H and O–H groups in total. The van der Waals surface area contributed by atoms with Gasteiger partial charge in [-0.3, -0.25) is 4.79 Å². The highest BCUT2D eigenvalue weighted by molar-refractivity contribution is 6.08. The van der Waals surface area contributed by atoms with Crippen LogP contribution in [-0.2, 0) is 14.3 Å². The molecule has 9 heteroatoms. The Morgan fingerprint density at radius 2 is 1.57 bits per heavy atom. The van der Waals surface area contributed by atoms with Crippen molar-refractivity contribution >= 4 is 13.8 Å². The zero-order chi connectivity index (χ0) is 24.9. The Kier molecular flexibility index (Phi) is 7.58. The molecule has 1 saturated heterocycles. The SMILES string of the molecule is [B]COc1ccc(-c2ccc(-c3ccc(OC(=O)C4COC(C=C)OC4)c(F)c3)cc2)c(F)c1F. The van der Waals surface area contributed by atoms with Crippen LogP contribution in [0.3, 0.4) is 0 Å². The average Bonchev–Trinajstić information content (AvgIpc) is 2.88. The van der Waals surface area contributed by atoms with Gasteiger partial charge in [-0.05, 0) is 47.0 Å². The number of carbonyl (C=O) groups is 1. The van der Waals surface area contributed by atoms with Crippen molar-refractivity contribution < 1.29 is 36.9 Å². The summed E-state index contributed by atoms with van der Waals surface area (Å²) in [6.07, 6.45) is 0.886. The molecule has 0 aromatic heterocycles. The third kappa shape index (κ3) is 5.42. The lowest BCUT2D eigenvalue weighted by Gasteiger charge is -2.26. The molecule has 1 aliphatic heterocycles. The molecule has 1 heterocycles. The Hall–Kier alpha value is -3.56. The normalized spacial score (nSPS) is 17.6. The molecular weight excluding hydrogens is 460 g/mol. The van der Waals surface area contributed by atoms with Gasteiger partial charge in [0.25, 0.3) is 0 Å². The highest BCUT2D eigenvalue weighted by Crippen LogP contribution is 2.32. The Labute approximate surface area is 201 Å². The van der Waals surface area contributed by atoms with Gasteiger partial charge in [0.15, 0.2) is 29.4 Å². The summed E-state index contributed by atoms with van der Waals surface area (Å²) >= 11 is 0. The fourth-order valence-electron chi connectivity index (χ4n) is 3.54. The molecule has 0 atom stereocenters. The van der Waals surface area contributed by atoms with Crippen molar-refractivity contribution in [2.24, 2.45) is 5.92 Å². The van der Waals surface area contributed by atoms with Crippen molar-refractivity contribution in [3.05, 3.63) is 84.7 Å². The smallest absolute Gasteiger partial charge is 0.319 e. The zero-order valence-electron chi connectivity index (χ0n) is 18.5. The summed E-state index contributed by atoms with van der Waals surface area (Å²) in [5.74, 6) is -4.76. The van der Waals surface area contributed by atoms with E-state index in [1.54, 1.807) is 30.3 Å². The van der Waals surface area contributed by atoms with Crippen molar-refractivity contribution in [1.82, 2.24) is 0 Å². The van der Waals surface area contributed by atoms with E-state index in [1.165, 1.54) is 30.3 Å². The Bertz CT molecular complexity index is 1220. The number of halogens is 3. The molecule has 35 heavy (non-hydrogen) atoms. The predicted octanol–water partition coefficient (Wildman–Crippen LogP) is 5.02. The maximum Gasteiger partial charge on any atom is 0.319 e. The summed E-state index contributed by atoms with van der Waals surface area (Å²) < 4.78 is 63.9. The molecule has 3 aromatic carbocycles. The van der Waals surface area contributed by atoms with Gasteiger partial charge in [0.1, 0.15) is 13.8 Å². The van der Waals surface area contributed by atoms with Crippen LogP contribution in [0.15, 0.2) is 67.3 Å². The summed E-state index contributed by atoms with van der Waals surface area (Å²) in [5, 5.41) is 0. The van der Waals surface area contributed by atoms with Crippen LogP contribution in [0.5, 0.6) is 11.5 Å². The lowest BCUT2D eigenvalue weighted by Crippen LogP contribution is -2.37. The second-order valence-electron chi connectivity index (χ2n) is 7.66. The van der Waals surface area contributed by atoms with Crippen LogP contribution >= 0.6 is 0 Å². The lowest BCUT2D eigenvalue weighted by molar-refractivity contribution is -0.187. The van der Waals surface area contributed by atoms with E-state index < -0.39 is 35.6 Å². The average molecular weight is 480 g/mol. The number of hydrogen-bond donors (Lipinski definition) is 0. The molecule has 0 amide bonds. The molecule has 0 spiro atoms. The highest BCUT2D eigenvalue weighted by atomic mass is 19.2. The van der Waals surface area contributed by atoms with Crippen LogP contribution in [0.1, 0.15) is 0 Å². The monoisotopic (exact) mass is 480 g/mol. The summed E-state index contributed by atoms with van der Waals surface area (Å²) in [7, 11) is 5.21. The first-order valence-electron chi connectivity index (χ1n) is 10.7. The van der Waals surface area contributed by atoms with E-state index in [1.807, 2.05) is 0 Å². The van der Waals surface area contributed by atoms with Gasteiger partial charge in [-0.15, -0.1) is 0 Å². The minimum atomic E-state index is -1.13. The Morgan fingerprint density at radius 3 is 2.20 bits per heavy atom. The van der Waals surface area contributed by atoms with E-state index in [2.05, 4.69) is 6.58 Å². The molecule has 4 rings (SSSR count). The van der Waals surface area contributed by atoms with Gasteiger partial charge in [0, 0.05) is 12.1 Å². The van der Waals surface area contributed by atoms with E-state index in [0.717, 1.165) is 0 Å². The van der Waals surface area contributed by atoms with Crippen molar-refractivity contribution in [2.75, 3.05) is 19.7 Å². The third-order valence-electron chi connectivity index (χ3n) is 5.41. The molecular formula is C26H20BF3O5. The van der Waals surface area contributed by atoms with E-state index >= 15 is 0 Å². The first-order valence-corrected chi connectivity index (χ1v) is 10.7. The van der Waals surface area contributed by atoms with Crippen LogP contribution in [0.25, 0.3) is 22.3 Å². The van der Waals surface area contributed by atoms with E-state index in [-0.39, 0.29) is 36.8 Å². The van der Waals surface area contributed by atoms with Gasteiger partial charge < -0.3 is 18.9 Å². The second-order valence-corrected chi connectivity index (χ2v) is 7.66. The van der Waals surface area contributed by atoms with Gasteiger partial charge >= 0.3 is 5.97 Å². The number of ether oxygens (including phenoxy) is 4. The number of rotatable bonds is 7. The van der Waals surface area contributed by atoms with Crippen molar-refractivity contribution in [1.29, 1.82) is 0 Å². The number of benzene rings is 3. The standard InChI is InChI=1S/C26H20BF3O5/c1-2-23-32-12-18(13-33-23)26(31)35-21-9-7-17(11-20(21)28)15-3-5-16(6-4-15)19-8-10-22(34-14-27)25(30)24(19)29/h2-11,18,23H,1,12-14H2. The molecule has 1 aliphatic rings. The van der Waals surface area contributed by atoms with Crippen molar-refractivity contribution in [2.45, 2.75) is 6.29 Å². The zero-order valence-corrected chi connectivity index (χ0v) is 18.5. The van der Waals surface area contributed by atoms with Crippen molar-refractivity contribution in [3.8, 4) is 33.8 Å². The molecule has 1 fully saturated rings. The third-order valence-corrected chi connectivity index (χ3v) is 5.41. The summed E-state index contributed by atoms with van der Waals surface area (Å²) in [5.41, 5.74) is 1.59. The molecule has 0 saturated carbocycles. The molecule has 178 valence electrons. The summed E-state index contributed by atoms with van der Waals surface area (Å²) in [4.78, 5) is 12.3. The van der Waals surface area contributed by atoms with E-state index in [0.29, 0.717) is 16.7 Å². The molecule has 3 aromatic rings. The maximum atomic E-state index is 14.7. The molecule has 0 unspecified atom stereocenters. The molecule has 2 radical (unpaired) electrons. The fourth-order valence-corrected chi connectivity index (χ4v) is 3.54. The Balaban J connectivity index is 1.47.